The van der Waals surface area contributed by atoms with Crippen LogP contribution in [0.3, 0.4) is 0 Å². The maximum atomic E-state index is 14.5. The first kappa shape index (κ1) is 29.6. The third-order valence-electron chi connectivity index (χ3n) is 9.87. The Morgan fingerprint density at radius 3 is 2.41 bits per heavy atom. The smallest absolute Gasteiger partial charge is 0.229 e. The third kappa shape index (κ3) is 7.48. The van der Waals surface area contributed by atoms with E-state index in [2.05, 4.69) is 37.7 Å². The molecule has 10 nitrogen and oxygen atoms in total. The number of nitrogens with one attached hydrogen (secondary N) is 3. The zero-order valence-corrected chi connectivity index (χ0v) is 23.9. The molecular weight excluding hydrogens is 499 g/mol. The molecule has 4 saturated heterocycles. The zero-order chi connectivity index (χ0) is 27.4. The molecule has 0 aromatic carbocycles. The summed E-state index contributed by atoms with van der Waals surface area (Å²) in [4.78, 5) is 20.9. The quantitative estimate of drug-likeness (QED) is 0.260. The summed E-state index contributed by atoms with van der Waals surface area (Å²) in [6, 6.07) is 0.516. The van der Waals surface area contributed by atoms with Crippen molar-refractivity contribution in [2.45, 2.75) is 107 Å². The van der Waals surface area contributed by atoms with Crippen molar-refractivity contribution in [1.29, 1.82) is 0 Å². The molecule has 5 fully saturated rings. The van der Waals surface area contributed by atoms with E-state index in [0.29, 0.717) is 18.8 Å². The van der Waals surface area contributed by atoms with Gasteiger partial charge in [-0.2, -0.15) is 0 Å². The van der Waals surface area contributed by atoms with E-state index in [0.717, 1.165) is 90.6 Å². The van der Waals surface area contributed by atoms with Crippen molar-refractivity contribution in [2.75, 3.05) is 59.4 Å². The van der Waals surface area contributed by atoms with Crippen LogP contribution in [0.15, 0.2) is 0 Å². The molecule has 1 saturated carbocycles. The van der Waals surface area contributed by atoms with Crippen LogP contribution in [0, 0.1) is 5.92 Å². The SMILES string of the molecule is CN1CC[C@@H](OC2CCN(C3CCNCC3NC(=O)C(C(N)N)C3NCC(F)CN3C3CCCCC3)CC2)C1. The van der Waals surface area contributed by atoms with Gasteiger partial charge in [-0.15, -0.1) is 0 Å². The summed E-state index contributed by atoms with van der Waals surface area (Å²) >= 11 is 0. The number of nitrogens with zero attached hydrogens (tertiary/aromatic N) is 3. The summed E-state index contributed by atoms with van der Waals surface area (Å²) in [6.45, 7) is 6.36. The Hall–Kier alpha value is -0.920. The minimum atomic E-state index is -0.950. The summed E-state index contributed by atoms with van der Waals surface area (Å²) in [5.74, 6) is -0.770. The molecule has 1 amide bonds. The van der Waals surface area contributed by atoms with E-state index in [1.165, 1.54) is 6.42 Å². The first-order chi connectivity index (χ1) is 18.9. The van der Waals surface area contributed by atoms with E-state index in [1.54, 1.807) is 0 Å². The topological polar surface area (TPSA) is 124 Å². The number of alkyl halides is 1. The van der Waals surface area contributed by atoms with Gasteiger partial charge >= 0.3 is 0 Å². The number of ether oxygens (including phenoxy) is 1. The van der Waals surface area contributed by atoms with Crippen LogP contribution in [0.2, 0.25) is 0 Å². The second-order valence-electron chi connectivity index (χ2n) is 12.8. The third-order valence-corrected chi connectivity index (χ3v) is 9.87. The number of likely N-dealkylation sites (N-methyl/N-ethyl adjacent to an activating group) is 1. The molecule has 4 heterocycles. The maximum Gasteiger partial charge on any atom is 0.229 e. The molecule has 5 rings (SSSR count). The van der Waals surface area contributed by atoms with Crippen LogP contribution in [0.1, 0.15) is 57.8 Å². The Morgan fingerprint density at radius 2 is 1.72 bits per heavy atom. The average Bonchev–Trinajstić information content (AvgIpc) is 3.35. The van der Waals surface area contributed by atoms with Crippen molar-refractivity contribution < 1.29 is 13.9 Å². The minimum absolute atomic E-state index is 0.0194. The Bertz CT molecular complexity index is 779. The minimum Gasteiger partial charge on any atom is -0.374 e. The van der Waals surface area contributed by atoms with E-state index in [4.69, 9.17) is 16.2 Å². The van der Waals surface area contributed by atoms with E-state index in [-0.39, 0.29) is 36.7 Å². The van der Waals surface area contributed by atoms with Crippen LogP contribution < -0.4 is 27.4 Å². The standard InChI is InChI=1S/C28H53FN8O2/c1-35-12-8-22(18-35)39-21-9-13-36(14-10-21)24-7-11-32-16-23(24)34-28(38)25(26(30)31)27-33-15-19(29)17-37(27)20-5-3-2-4-6-20/h19-27,32-33H,2-18,30-31H2,1H3,(H,34,38)/t19?,22-,23?,24?,25?,27?/m1/s1. The van der Waals surface area contributed by atoms with E-state index >= 15 is 0 Å². The lowest BCUT2D eigenvalue weighted by molar-refractivity contribution is -0.132. The fourth-order valence-electron chi connectivity index (χ4n) is 7.75. The fraction of sp³-hybridized carbons (Fsp3) is 0.964. The molecule has 7 N–H and O–H groups in total. The van der Waals surface area contributed by atoms with Gasteiger partial charge in [-0.3, -0.25) is 19.9 Å². The predicted molar refractivity (Wildman–Crippen MR) is 151 cm³/mol. The number of carbonyl (C=O) groups is 1. The van der Waals surface area contributed by atoms with Crippen molar-refractivity contribution in [3.8, 4) is 0 Å². The van der Waals surface area contributed by atoms with Gasteiger partial charge in [-0.1, -0.05) is 19.3 Å². The highest BCUT2D eigenvalue weighted by molar-refractivity contribution is 5.80. The molecule has 5 unspecified atom stereocenters. The number of hydrogen-bond donors (Lipinski definition) is 5. The largest absolute Gasteiger partial charge is 0.374 e. The lowest BCUT2D eigenvalue weighted by Gasteiger charge is -2.48. The van der Waals surface area contributed by atoms with Gasteiger partial charge in [0.2, 0.25) is 5.91 Å². The summed E-state index contributed by atoms with van der Waals surface area (Å²) in [5.41, 5.74) is 12.6. The first-order valence-corrected chi connectivity index (χ1v) is 15.6. The van der Waals surface area contributed by atoms with Crippen molar-refractivity contribution >= 4 is 5.91 Å². The van der Waals surface area contributed by atoms with Crippen LogP contribution in [0.25, 0.3) is 0 Å². The van der Waals surface area contributed by atoms with Crippen LogP contribution in [0.5, 0.6) is 0 Å². The normalized spacial score (nSPS) is 35.9. The number of likely N-dealkylation sites (tertiary alicyclic amines) is 2. The monoisotopic (exact) mass is 552 g/mol. The Labute approximate surface area is 234 Å². The molecule has 39 heavy (non-hydrogen) atoms. The van der Waals surface area contributed by atoms with Gasteiger partial charge in [0.05, 0.1) is 36.5 Å². The molecule has 0 spiro atoms. The van der Waals surface area contributed by atoms with Crippen molar-refractivity contribution in [3.05, 3.63) is 0 Å². The van der Waals surface area contributed by atoms with Gasteiger partial charge in [0.1, 0.15) is 6.17 Å². The lowest BCUT2D eigenvalue weighted by Crippen LogP contribution is -2.69. The molecule has 224 valence electrons. The number of amides is 1. The second kappa shape index (κ2) is 13.8. The molecule has 0 aromatic heterocycles. The van der Waals surface area contributed by atoms with Gasteiger partial charge in [0.25, 0.3) is 0 Å². The fourth-order valence-corrected chi connectivity index (χ4v) is 7.75. The Kier molecular flexibility index (Phi) is 10.5. The molecule has 0 radical (unpaired) electrons. The van der Waals surface area contributed by atoms with E-state index < -0.39 is 18.3 Å². The summed E-state index contributed by atoms with van der Waals surface area (Å²) in [6.07, 6.45) is 8.33. The highest BCUT2D eigenvalue weighted by Crippen LogP contribution is 2.29. The molecule has 1 aliphatic carbocycles. The molecule has 11 heteroatoms. The van der Waals surface area contributed by atoms with Gasteiger partial charge < -0.3 is 31.7 Å². The first-order valence-electron chi connectivity index (χ1n) is 15.6. The zero-order valence-electron chi connectivity index (χ0n) is 23.9. The summed E-state index contributed by atoms with van der Waals surface area (Å²) in [5, 5.41) is 10.1. The maximum absolute atomic E-state index is 14.5. The molecule has 6 atom stereocenters. The highest BCUT2D eigenvalue weighted by atomic mass is 19.1. The second-order valence-corrected chi connectivity index (χ2v) is 12.8. The summed E-state index contributed by atoms with van der Waals surface area (Å²) < 4.78 is 20.9. The van der Waals surface area contributed by atoms with Gasteiger partial charge in [0.15, 0.2) is 0 Å². The van der Waals surface area contributed by atoms with Gasteiger partial charge in [0, 0.05) is 57.9 Å². The van der Waals surface area contributed by atoms with Crippen molar-refractivity contribution in [3.63, 3.8) is 0 Å². The number of hydrogen-bond acceptors (Lipinski definition) is 9. The molecule has 5 aliphatic rings. The van der Waals surface area contributed by atoms with Crippen molar-refractivity contribution in [1.82, 2.24) is 30.7 Å². The van der Waals surface area contributed by atoms with Crippen LogP contribution >= 0.6 is 0 Å². The van der Waals surface area contributed by atoms with Crippen LogP contribution in [0.4, 0.5) is 4.39 Å². The Balaban J connectivity index is 1.20. The highest BCUT2D eigenvalue weighted by Gasteiger charge is 2.44. The average molecular weight is 553 g/mol. The van der Waals surface area contributed by atoms with E-state index in [9.17, 15) is 9.18 Å². The molecular formula is C28H53FN8O2. The lowest BCUT2D eigenvalue weighted by atomic mass is 9.89. The van der Waals surface area contributed by atoms with Crippen molar-refractivity contribution in [2.24, 2.45) is 17.4 Å². The number of rotatable bonds is 8. The van der Waals surface area contributed by atoms with Crippen LogP contribution in [-0.2, 0) is 9.53 Å². The molecule has 0 aromatic rings. The molecule has 0 bridgehead atoms. The Morgan fingerprint density at radius 1 is 0.974 bits per heavy atom. The molecule has 4 aliphatic heterocycles. The van der Waals surface area contributed by atoms with Gasteiger partial charge in [-0.05, 0) is 52.1 Å². The number of halogens is 1. The van der Waals surface area contributed by atoms with Gasteiger partial charge in [-0.25, -0.2) is 4.39 Å². The van der Waals surface area contributed by atoms with E-state index in [1.807, 2.05) is 0 Å². The summed E-state index contributed by atoms with van der Waals surface area (Å²) in [7, 11) is 2.16. The van der Waals surface area contributed by atoms with Crippen LogP contribution in [-0.4, -0.2) is 129 Å². The number of carbonyl (C=O) groups excluding carboxylic acids is 1. The predicted octanol–water partition coefficient (Wildman–Crippen LogP) is -0.220. The number of piperidine rings is 2. The number of nitrogens with two attached hydrogens (primary N) is 2.